The van der Waals surface area contributed by atoms with E-state index in [4.69, 9.17) is 0 Å². The molecular weight excluding hydrogens is 324 g/mol. The molecule has 2 N–H and O–H groups in total. The lowest BCUT2D eigenvalue weighted by molar-refractivity contribution is 0.164. The molecule has 1 atom stereocenters. The summed E-state index contributed by atoms with van der Waals surface area (Å²) in [7, 11) is 0.601. The number of rotatable bonds is 8. The van der Waals surface area contributed by atoms with Gasteiger partial charge in [0.25, 0.3) is 10.2 Å². The lowest BCUT2D eigenvalue weighted by Crippen LogP contribution is -2.44. The fraction of sp³-hybridized carbons (Fsp3) is 0.647. The number of piperidine rings is 1. The molecule has 1 aromatic rings. The van der Waals surface area contributed by atoms with Crippen molar-refractivity contribution in [3.05, 3.63) is 29.8 Å². The van der Waals surface area contributed by atoms with Crippen molar-refractivity contribution in [1.82, 2.24) is 14.3 Å². The van der Waals surface area contributed by atoms with Gasteiger partial charge in [-0.2, -0.15) is 8.42 Å². The zero-order valence-corrected chi connectivity index (χ0v) is 15.8. The molecule has 7 heteroatoms. The van der Waals surface area contributed by atoms with Crippen molar-refractivity contribution < 1.29 is 8.42 Å². The monoisotopic (exact) mass is 354 g/mol. The first-order chi connectivity index (χ1) is 11.4. The van der Waals surface area contributed by atoms with Gasteiger partial charge in [0.15, 0.2) is 0 Å². The third kappa shape index (κ3) is 5.44. The second-order valence-corrected chi connectivity index (χ2v) is 8.03. The molecule has 0 bridgehead atoms. The van der Waals surface area contributed by atoms with Crippen molar-refractivity contribution in [2.75, 3.05) is 45.2 Å². The maximum atomic E-state index is 11.9. The zero-order chi connectivity index (χ0) is 17.6. The number of benzene rings is 1. The van der Waals surface area contributed by atoms with E-state index in [2.05, 4.69) is 43.5 Å². The smallest absolute Gasteiger partial charge is 0.276 e. The summed E-state index contributed by atoms with van der Waals surface area (Å²) in [6.45, 7) is 4.59. The van der Waals surface area contributed by atoms with Gasteiger partial charge < -0.3 is 4.90 Å². The van der Waals surface area contributed by atoms with Crippen molar-refractivity contribution in [1.29, 1.82) is 0 Å². The summed E-state index contributed by atoms with van der Waals surface area (Å²) in [6, 6.07) is 8.46. The molecule has 1 fully saturated rings. The Hall–Kier alpha value is -1.15. The van der Waals surface area contributed by atoms with Crippen LogP contribution in [0.3, 0.4) is 0 Å². The second kappa shape index (κ2) is 8.80. The maximum absolute atomic E-state index is 11.9. The van der Waals surface area contributed by atoms with E-state index in [1.807, 2.05) is 14.1 Å². The van der Waals surface area contributed by atoms with Gasteiger partial charge in [0.05, 0.1) is 0 Å². The Morgan fingerprint density at radius 3 is 2.25 bits per heavy atom. The lowest BCUT2D eigenvalue weighted by atomic mass is 10.0. The first kappa shape index (κ1) is 19.2. The van der Waals surface area contributed by atoms with E-state index in [0.29, 0.717) is 13.1 Å². The van der Waals surface area contributed by atoms with Crippen LogP contribution in [0.25, 0.3) is 0 Å². The summed E-state index contributed by atoms with van der Waals surface area (Å²) in [5.74, 6) is 0. The molecule has 6 nitrogen and oxygen atoms in total. The molecule has 1 aromatic carbocycles. The van der Waals surface area contributed by atoms with E-state index in [1.54, 1.807) is 6.92 Å². The van der Waals surface area contributed by atoms with Gasteiger partial charge >= 0.3 is 0 Å². The molecule has 24 heavy (non-hydrogen) atoms. The quantitative estimate of drug-likeness (QED) is 0.746. The molecule has 1 heterocycles. The molecule has 1 saturated heterocycles. The van der Waals surface area contributed by atoms with Gasteiger partial charge in [-0.15, -0.1) is 0 Å². The first-order valence-corrected chi connectivity index (χ1v) is 10.2. The number of nitrogens with zero attached hydrogens (tertiary/aromatic N) is 2. The Balaban J connectivity index is 2.15. The highest BCUT2D eigenvalue weighted by Gasteiger charge is 2.24. The Labute approximate surface area is 146 Å². The fourth-order valence-corrected chi connectivity index (χ4v) is 3.97. The molecule has 0 aromatic heterocycles. The molecule has 0 spiro atoms. The minimum Gasteiger partial charge on any atom is -0.378 e. The Bertz CT molecular complexity index is 596. The maximum Gasteiger partial charge on any atom is 0.276 e. The summed E-state index contributed by atoms with van der Waals surface area (Å²) in [5, 5.41) is 0. The van der Waals surface area contributed by atoms with Gasteiger partial charge in [-0.3, -0.25) is 4.90 Å². The number of anilines is 1. The average molecular weight is 355 g/mol. The minimum atomic E-state index is -3.43. The highest BCUT2D eigenvalue weighted by atomic mass is 32.2. The molecule has 0 saturated carbocycles. The SMILES string of the molecule is CCNS(=O)(=O)NCC(c1ccc(N(C)C)cc1)N1CCCCC1. The largest absolute Gasteiger partial charge is 0.378 e. The first-order valence-electron chi connectivity index (χ1n) is 8.68. The van der Waals surface area contributed by atoms with E-state index in [-0.39, 0.29) is 6.04 Å². The third-order valence-corrected chi connectivity index (χ3v) is 5.64. The minimum absolute atomic E-state index is 0.0648. The molecule has 2 rings (SSSR count). The normalized spacial score (nSPS) is 17.6. The van der Waals surface area contributed by atoms with E-state index in [0.717, 1.165) is 24.3 Å². The van der Waals surface area contributed by atoms with Gasteiger partial charge in [-0.25, -0.2) is 9.44 Å². The van der Waals surface area contributed by atoms with Crippen molar-refractivity contribution >= 4 is 15.9 Å². The van der Waals surface area contributed by atoms with E-state index >= 15 is 0 Å². The second-order valence-electron chi connectivity index (χ2n) is 6.45. The fourth-order valence-electron chi connectivity index (χ4n) is 3.11. The van der Waals surface area contributed by atoms with Crippen LogP contribution >= 0.6 is 0 Å². The topological polar surface area (TPSA) is 64.7 Å². The summed E-state index contributed by atoms with van der Waals surface area (Å²) in [4.78, 5) is 4.45. The van der Waals surface area contributed by atoms with E-state index < -0.39 is 10.2 Å². The summed E-state index contributed by atoms with van der Waals surface area (Å²) < 4.78 is 29.1. The van der Waals surface area contributed by atoms with Crippen LogP contribution in [0, 0.1) is 0 Å². The predicted molar refractivity (Wildman–Crippen MR) is 99.5 cm³/mol. The van der Waals surface area contributed by atoms with Crippen LogP contribution in [0.1, 0.15) is 37.8 Å². The highest BCUT2D eigenvalue weighted by molar-refractivity contribution is 7.87. The van der Waals surface area contributed by atoms with Gasteiger partial charge in [0, 0.05) is 38.9 Å². The lowest BCUT2D eigenvalue weighted by Gasteiger charge is -2.35. The van der Waals surface area contributed by atoms with Gasteiger partial charge in [0.2, 0.25) is 0 Å². The number of nitrogens with one attached hydrogen (secondary N) is 2. The van der Waals surface area contributed by atoms with Crippen LogP contribution in [0.2, 0.25) is 0 Å². The molecule has 0 amide bonds. The van der Waals surface area contributed by atoms with Crippen LogP contribution in [-0.2, 0) is 10.2 Å². The van der Waals surface area contributed by atoms with Gasteiger partial charge in [0.1, 0.15) is 0 Å². The molecule has 1 aliphatic rings. The van der Waals surface area contributed by atoms with Crippen molar-refractivity contribution in [2.45, 2.75) is 32.2 Å². The van der Waals surface area contributed by atoms with Crippen LogP contribution in [0.5, 0.6) is 0 Å². The van der Waals surface area contributed by atoms with Crippen LogP contribution in [0.4, 0.5) is 5.69 Å². The molecular formula is C17H30N4O2S. The highest BCUT2D eigenvalue weighted by Crippen LogP contribution is 2.26. The number of hydrogen-bond donors (Lipinski definition) is 2. The average Bonchev–Trinajstić information content (AvgIpc) is 2.56. The summed E-state index contributed by atoms with van der Waals surface area (Å²) in [5.41, 5.74) is 2.30. The molecule has 0 aliphatic carbocycles. The Kier molecular flexibility index (Phi) is 7.03. The molecule has 1 unspecified atom stereocenters. The van der Waals surface area contributed by atoms with Crippen molar-refractivity contribution in [3.63, 3.8) is 0 Å². The van der Waals surface area contributed by atoms with Crippen molar-refractivity contribution in [3.8, 4) is 0 Å². The number of likely N-dealkylation sites (tertiary alicyclic amines) is 1. The molecule has 1 aliphatic heterocycles. The van der Waals surface area contributed by atoms with Gasteiger partial charge in [-0.1, -0.05) is 25.5 Å². The Morgan fingerprint density at radius 2 is 1.71 bits per heavy atom. The molecule has 0 radical (unpaired) electrons. The van der Waals surface area contributed by atoms with Crippen LogP contribution in [-0.4, -0.2) is 53.6 Å². The van der Waals surface area contributed by atoms with Crippen LogP contribution in [0.15, 0.2) is 24.3 Å². The van der Waals surface area contributed by atoms with E-state index in [9.17, 15) is 8.42 Å². The van der Waals surface area contributed by atoms with Gasteiger partial charge in [-0.05, 0) is 43.6 Å². The van der Waals surface area contributed by atoms with Crippen LogP contribution < -0.4 is 14.3 Å². The van der Waals surface area contributed by atoms with E-state index in [1.165, 1.54) is 19.3 Å². The number of hydrogen-bond acceptors (Lipinski definition) is 4. The van der Waals surface area contributed by atoms with Crippen molar-refractivity contribution in [2.24, 2.45) is 0 Å². The summed E-state index contributed by atoms with van der Waals surface area (Å²) >= 11 is 0. The predicted octanol–water partition coefficient (Wildman–Crippen LogP) is 1.72. The standard InChI is InChI=1S/C17H30N4O2S/c1-4-18-24(22,23)19-14-17(21-12-6-5-7-13-21)15-8-10-16(11-9-15)20(2)3/h8-11,17-19H,4-7,12-14H2,1-3H3. The Morgan fingerprint density at radius 1 is 1.08 bits per heavy atom. The third-order valence-electron chi connectivity index (χ3n) is 4.43. The zero-order valence-electron chi connectivity index (χ0n) is 15.0. The molecule has 136 valence electrons. The summed E-state index contributed by atoms with van der Waals surface area (Å²) in [6.07, 6.45) is 3.60.